The Morgan fingerprint density at radius 1 is 1.15 bits per heavy atom. The summed E-state index contributed by atoms with van der Waals surface area (Å²) in [7, 11) is 0. The van der Waals surface area contributed by atoms with E-state index < -0.39 is 0 Å². The maximum atomic E-state index is 9.88. The standard InChI is InChI=1S/C14H10BrN3O2/c15-10-1-2-11(12(19)8-10)14-17-13(18-20-14)7-9-3-5-16-6-4-9/h1-6,8,19H,7H2. The van der Waals surface area contributed by atoms with Gasteiger partial charge in [0.2, 0.25) is 0 Å². The first-order valence-corrected chi connectivity index (χ1v) is 6.72. The van der Waals surface area contributed by atoms with Crippen LogP contribution in [-0.4, -0.2) is 20.2 Å². The fraction of sp³-hybridized carbons (Fsp3) is 0.0714. The second kappa shape index (κ2) is 5.42. The first-order valence-electron chi connectivity index (χ1n) is 5.93. The van der Waals surface area contributed by atoms with Crippen molar-refractivity contribution < 1.29 is 9.63 Å². The zero-order valence-electron chi connectivity index (χ0n) is 10.3. The Hall–Kier alpha value is -2.21. The lowest BCUT2D eigenvalue weighted by atomic mass is 10.2. The molecule has 2 aromatic heterocycles. The van der Waals surface area contributed by atoms with E-state index >= 15 is 0 Å². The lowest BCUT2D eigenvalue weighted by Gasteiger charge is -1.99. The van der Waals surface area contributed by atoms with Crippen molar-refractivity contribution in [3.05, 3.63) is 58.6 Å². The number of phenols is 1. The SMILES string of the molecule is Oc1cc(Br)ccc1-c1nc(Cc2ccncc2)no1. The van der Waals surface area contributed by atoms with Gasteiger partial charge in [0.15, 0.2) is 5.82 Å². The number of pyridine rings is 1. The summed E-state index contributed by atoms with van der Waals surface area (Å²) in [6.45, 7) is 0. The minimum atomic E-state index is 0.0958. The summed E-state index contributed by atoms with van der Waals surface area (Å²) in [6, 6.07) is 8.91. The molecule has 0 saturated carbocycles. The highest BCUT2D eigenvalue weighted by Crippen LogP contribution is 2.30. The molecule has 0 unspecified atom stereocenters. The van der Waals surface area contributed by atoms with Crippen LogP contribution in [0.15, 0.2) is 51.7 Å². The van der Waals surface area contributed by atoms with Crippen LogP contribution in [0.1, 0.15) is 11.4 Å². The monoisotopic (exact) mass is 331 g/mol. The molecule has 3 rings (SSSR count). The molecule has 0 amide bonds. The highest BCUT2D eigenvalue weighted by molar-refractivity contribution is 9.10. The number of hydrogen-bond acceptors (Lipinski definition) is 5. The van der Waals surface area contributed by atoms with Crippen LogP contribution in [0, 0.1) is 0 Å². The van der Waals surface area contributed by atoms with Gasteiger partial charge in [-0.15, -0.1) is 0 Å². The molecule has 0 fully saturated rings. The van der Waals surface area contributed by atoms with Crippen LogP contribution in [0.4, 0.5) is 0 Å². The first kappa shape index (κ1) is 12.8. The van der Waals surface area contributed by atoms with Crippen molar-refractivity contribution in [1.82, 2.24) is 15.1 Å². The van der Waals surface area contributed by atoms with E-state index in [0.29, 0.717) is 23.7 Å². The zero-order chi connectivity index (χ0) is 13.9. The molecular formula is C14H10BrN3O2. The number of aromatic nitrogens is 3. The highest BCUT2D eigenvalue weighted by atomic mass is 79.9. The molecule has 0 aliphatic carbocycles. The molecule has 0 aliphatic rings. The van der Waals surface area contributed by atoms with Crippen LogP contribution >= 0.6 is 15.9 Å². The Balaban J connectivity index is 1.87. The van der Waals surface area contributed by atoms with Crippen LogP contribution in [0.3, 0.4) is 0 Å². The number of nitrogens with zero attached hydrogens (tertiary/aromatic N) is 3. The zero-order valence-corrected chi connectivity index (χ0v) is 11.9. The summed E-state index contributed by atoms with van der Waals surface area (Å²) in [6.07, 6.45) is 4.00. The Kier molecular flexibility index (Phi) is 3.47. The van der Waals surface area contributed by atoms with Crippen molar-refractivity contribution in [2.75, 3.05) is 0 Å². The summed E-state index contributed by atoms with van der Waals surface area (Å²) in [4.78, 5) is 8.25. The minimum Gasteiger partial charge on any atom is -0.507 e. The van der Waals surface area contributed by atoms with E-state index in [1.807, 2.05) is 18.2 Å². The van der Waals surface area contributed by atoms with Crippen LogP contribution in [0.5, 0.6) is 5.75 Å². The molecule has 20 heavy (non-hydrogen) atoms. The third kappa shape index (κ3) is 2.70. The smallest absolute Gasteiger partial charge is 0.261 e. The van der Waals surface area contributed by atoms with Crippen LogP contribution < -0.4 is 0 Å². The third-order valence-corrected chi connectivity index (χ3v) is 3.26. The lowest BCUT2D eigenvalue weighted by molar-refractivity contribution is 0.418. The largest absolute Gasteiger partial charge is 0.507 e. The molecule has 3 aromatic rings. The molecular weight excluding hydrogens is 322 g/mol. The molecule has 2 heterocycles. The van der Waals surface area contributed by atoms with Crippen LogP contribution in [0.2, 0.25) is 0 Å². The van der Waals surface area contributed by atoms with Crippen LogP contribution in [-0.2, 0) is 6.42 Å². The lowest BCUT2D eigenvalue weighted by Crippen LogP contribution is -1.90. The summed E-state index contributed by atoms with van der Waals surface area (Å²) in [5.41, 5.74) is 1.56. The predicted octanol–water partition coefficient (Wildman–Crippen LogP) is 3.19. The molecule has 0 spiro atoms. The van der Waals surface area contributed by atoms with E-state index in [9.17, 15) is 5.11 Å². The molecule has 0 atom stereocenters. The average molecular weight is 332 g/mol. The topological polar surface area (TPSA) is 72.0 Å². The van der Waals surface area contributed by atoms with E-state index in [1.54, 1.807) is 24.5 Å². The second-order valence-corrected chi connectivity index (χ2v) is 5.13. The van der Waals surface area contributed by atoms with Crippen molar-refractivity contribution in [1.29, 1.82) is 0 Å². The van der Waals surface area contributed by atoms with Gasteiger partial charge in [-0.05, 0) is 35.9 Å². The van der Waals surface area contributed by atoms with Crippen molar-refractivity contribution in [3.8, 4) is 17.2 Å². The van der Waals surface area contributed by atoms with Crippen LogP contribution in [0.25, 0.3) is 11.5 Å². The van der Waals surface area contributed by atoms with Gasteiger partial charge < -0.3 is 9.63 Å². The normalized spacial score (nSPS) is 10.7. The fourth-order valence-electron chi connectivity index (χ4n) is 1.80. The number of phenolic OH excluding ortho intramolecular Hbond substituents is 1. The summed E-state index contributed by atoms with van der Waals surface area (Å²) in [5.74, 6) is 0.964. The van der Waals surface area contributed by atoms with Gasteiger partial charge in [-0.25, -0.2) is 0 Å². The Labute approximate surface area is 123 Å². The van der Waals surface area contributed by atoms with E-state index in [0.717, 1.165) is 10.0 Å². The Bertz CT molecular complexity index is 728. The Morgan fingerprint density at radius 2 is 1.95 bits per heavy atom. The molecule has 0 aliphatic heterocycles. The predicted molar refractivity (Wildman–Crippen MR) is 76.1 cm³/mol. The van der Waals surface area contributed by atoms with Gasteiger partial charge in [0.05, 0.1) is 5.56 Å². The quantitative estimate of drug-likeness (QED) is 0.797. The Morgan fingerprint density at radius 3 is 2.70 bits per heavy atom. The maximum absolute atomic E-state index is 9.88. The van der Waals surface area contributed by atoms with Gasteiger partial charge in [-0.2, -0.15) is 4.98 Å². The second-order valence-electron chi connectivity index (χ2n) is 4.21. The number of halogens is 1. The number of hydrogen-bond donors (Lipinski definition) is 1. The molecule has 1 aromatic carbocycles. The molecule has 100 valence electrons. The minimum absolute atomic E-state index is 0.0958. The molecule has 0 saturated heterocycles. The van der Waals surface area contributed by atoms with E-state index in [1.165, 1.54) is 0 Å². The summed E-state index contributed by atoms with van der Waals surface area (Å²) >= 11 is 3.29. The first-order chi connectivity index (χ1) is 9.72. The summed E-state index contributed by atoms with van der Waals surface area (Å²) in [5, 5.41) is 13.8. The van der Waals surface area contributed by atoms with Crippen molar-refractivity contribution in [2.24, 2.45) is 0 Å². The number of aromatic hydroxyl groups is 1. The summed E-state index contributed by atoms with van der Waals surface area (Å²) < 4.78 is 5.98. The molecule has 6 heteroatoms. The molecule has 0 radical (unpaired) electrons. The molecule has 0 bridgehead atoms. The van der Waals surface area contributed by atoms with Gasteiger partial charge in [0.25, 0.3) is 5.89 Å². The maximum Gasteiger partial charge on any atom is 0.261 e. The van der Waals surface area contributed by atoms with E-state index in [-0.39, 0.29) is 5.75 Å². The van der Waals surface area contributed by atoms with Gasteiger partial charge in [0, 0.05) is 23.3 Å². The van der Waals surface area contributed by atoms with Gasteiger partial charge in [0.1, 0.15) is 5.75 Å². The van der Waals surface area contributed by atoms with Crippen molar-refractivity contribution >= 4 is 15.9 Å². The number of benzene rings is 1. The molecule has 5 nitrogen and oxygen atoms in total. The van der Waals surface area contributed by atoms with E-state index in [2.05, 4.69) is 31.1 Å². The van der Waals surface area contributed by atoms with E-state index in [4.69, 9.17) is 4.52 Å². The third-order valence-electron chi connectivity index (χ3n) is 2.77. The average Bonchev–Trinajstić information content (AvgIpc) is 2.88. The fourth-order valence-corrected chi connectivity index (χ4v) is 2.15. The van der Waals surface area contributed by atoms with Gasteiger partial charge >= 0.3 is 0 Å². The highest BCUT2D eigenvalue weighted by Gasteiger charge is 2.13. The molecule has 1 N–H and O–H groups in total. The van der Waals surface area contributed by atoms with Crippen molar-refractivity contribution in [3.63, 3.8) is 0 Å². The van der Waals surface area contributed by atoms with Gasteiger partial charge in [-0.3, -0.25) is 4.98 Å². The number of rotatable bonds is 3. The van der Waals surface area contributed by atoms with Gasteiger partial charge in [-0.1, -0.05) is 21.1 Å². The van der Waals surface area contributed by atoms with Crippen molar-refractivity contribution in [2.45, 2.75) is 6.42 Å².